The van der Waals surface area contributed by atoms with Crippen LogP contribution in [0.3, 0.4) is 0 Å². The van der Waals surface area contributed by atoms with E-state index in [9.17, 15) is 4.79 Å². The van der Waals surface area contributed by atoms with Gasteiger partial charge in [0.15, 0.2) is 0 Å². The molecule has 0 aliphatic carbocycles. The topological polar surface area (TPSA) is 29.1 Å². The number of hydrogen-bond acceptors (Lipinski definition) is 1. The molecule has 2 nitrogen and oxygen atoms in total. The molecule has 0 unspecified atom stereocenters. The lowest BCUT2D eigenvalue weighted by atomic mass is 10.1. The largest absolute Gasteiger partial charge is 0.356 e. The minimum Gasteiger partial charge on any atom is -0.356 e. The van der Waals surface area contributed by atoms with Gasteiger partial charge in [0.1, 0.15) is 0 Å². The molecule has 0 aromatic carbocycles. The van der Waals surface area contributed by atoms with Crippen molar-refractivity contribution >= 4 is 5.91 Å². The average molecular weight is 211 g/mol. The van der Waals surface area contributed by atoms with Gasteiger partial charge in [0, 0.05) is 13.0 Å². The molecule has 0 aliphatic rings. The van der Waals surface area contributed by atoms with Crippen LogP contribution in [0.1, 0.15) is 58.3 Å². The normalized spacial score (nSPS) is 9.93. The number of carbonyl (C=O) groups is 1. The summed E-state index contributed by atoms with van der Waals surface area (Å²) in [4.78, 5) is 11.2. The Hall–Kier alpha value is -0.790. The average Bonchev–Trinajstić information content (AvgIpc) is 2.25. The van der Waals surface area contributed by atoms with Crippen LogP contribution in [0.5, 0.6) is 0 Å². The summed E-state index contributed by atoms with van der Waals surface area (Å²) >= 11 is 0. The van der Waals surface area contributed by atoms with E-state index in [1.165, 1.54) is 25.7 Å². The Morgan fingerprint density at radius 2 is 1.87 bits per heavy atom. The highest BCUT2D eigenvalue weighted by atomic mass is 16.1. The minimum atomic E-state index is 0.211. The van der Waals surface area contributed by atoms with Crippen molar-refractivity contribution in [1.82, 2.24) is 5.32 Å². The molecule has 1 amide bonds. The van der Waals surface area contributed by atoms with Gasteiger partial charge in [-0.15, -0.1) is 6.58 Å². The smallest absolute Gasteiger partial charge is 0.219 e. The zero-order chi connectivity index (χ0) is 11.4. The van der Waals surface area contributed by atoms with Crippen molar-refractivity contribution in [3.05, 3.63) is 12.7 Å². The van der Waals surface area contributed by atoms with Crippen molar-refractivity contribution in [2.24, 2.45) is 0 Å². The summed E-state index contributed by atoms with van der Waals surface area (Å²) in [6.07, 6.45) is 10.8. The summed E-state index contributed by atoms with van der Waals surface area (Å²) in [7, 11) is 0. The Kier molecular flexibility index (Phi) is 10.7. The van der Waals surface area contributed by atoms with E-state index in [2.05, 4.69) is 18.8 Å². The van der Waals surface area contributed by atoms with Crippen LogP contribution in [0.2, 0.25) is 0 Å². The molecule has 2 heteroatoms. The van der Waals surface area contributed by atoms with Gasteiger partial charge >= 0.3 is 0 Å². The van der Waals surface area contributed by atoms with Gasteiger partial charge in [-0.25, -0.2) is 0 Å². The van der Waals surface area contributed by atoms with Crippen molar-refractivity contribution in [1.29, 1.82) is 0 Å². The van der Waals surface area contributed by atoms with Crippen molar-refractivity contribution in [3.8, 4) is 0 Å². The van der Waals surface area contributed by atoms with Crippen LogP contribution >= 0.6 is 0 Å². The lowest BCUT2D eigenvalue weighted by Gasteiger charge is -2.03. The van der Waals surface area contributed by atoms with Crippen LogP contribution in [0, 0.1) is 0 Å². The Labute approximate surface area is 94.1 Å². The van der Waals surface area contributed by atoms with Crippen molar-refractivity contribution in [2.45, 2.75) is 58.3 Å². The van der Waals surface area contributed by atoms with E-state index in [0.29, 0.717) is 6.42 Å². The molecule has 0 fully saturated rings. The Balaban J connectivity index is 3.09. The molecule has 0 aliphatic heterocycles. The molecule has 15 heavy (non-hydrogen) atoms. The van der Waals surface area contributed by atoms with Crippen molar-refractivity contribution < 1.29 is 4.79 Å². The third-order valence-corrected chi connectivity index (χ3v) is 2.38. The first-order chi connectivity index (χ1) is 7.31. The predicted molar refractivity (Wildman–Crippen MR) is 65.8 cm³/mol. The van der Waals surface area contributed by atoms with Gasteiger partial charge in [0.25, 0.3) is 0 Å². The van der Waals surface area contributed by atoms with Crippen LogP contribution < -0.4 is 5.32 Å². The van der Waals surface area contributed by atoms with E-state index in [-0.39, 0.29) is 5.91 Å². The van der Waals surface area contributed by atoms with E-state index in [1.54, 1.807) is 0 Å². The van der Waals surface area contributed by atoms with Gasteiger partial charge in [-0.05, 0) is 25.7 Å². The predicted octanol–water partition coefficient (Wildman–Crippen LogP) is 3.43. The van der Waals surface area contributed by atoms with Crippen molar-refractivity contribution in [2.75, 3.05) is 6.54 Å². The van der Waals surface area contributed by atoms with Gasteiger partial charge in [0.2, 0.25) is 5.91 Å². The molecule has 0 rings (SSSR count). The van der Waals surface area contributed by atoms with E-state index in [1.807, 2.05) is 6.08 Å². The quantitative estimate of drug-likeness (QED) is 0.435. The van der Waals surface area contributed by atoms with Gasteiger partial charge in [0.05, 0.1) is 0 Å². The second kappa shape index (κ2) is 11.3. The molecule has 0 heterocycles. The number of rotatable bonds is 10. The number of carbonyl (C=O) groups excluding carboxylic acids is 1. The van der Waals surface area contributed by atoms with E-state index < -0.39 is 0 Å². The molecule has 88 valence electrons. The van der Waals surface area contributed by atoms with Crippen LogP contribution in [0.4, 0.5) is 0 Å². The summed E-state index contributed by atoms with van der Waals surface area (Å²) in [5.74, 6) is 0.211. The summed E-state index contributed by atoms with van der Waals surface area (Å²) in [6, 6.07) is 0. The Morgan fingerprint density at radius 1 is 1.20 bits per heavy atom. The van der Waals surface area contributed by atoms with Gasteiger partial charge in [-0.3, -0.25) is 4.79 Å². The number of unbranched alkanes of at least 4 members (excludes halogenated alkanes) is 5. The van der Waals surface area contributed by atoms with Gasteiger partial charge in [-0.2, -0.15) is 0 Å². The highest BCUT2D eigenvalue weighted by Crippen LogP contribution is 2.07. The standard InChI is InChI=1S/C13H25NO/c1-3-5-6-7-8-9-10-11-13(15)14-12-4-2/h3H,1,4-12H2,2H3,(H,14,15). The first kappa shape index (κ1) is 14.2. The zero-order valence-electron chi connectivity index (χ0n) is 10.1. The zero-order valence-corrected chi connectivity index (χ0v) is 10.1. The van der Waals surface area contributed by atoms with Crippen LogP contribution in [0.15, 0.2) is 12.7 Å². The number of amides is 1. The van der Waals surface area contributed by atoms with Gasteiger partial charge in [-0.1, -0.05) is 32.3 Å². The maximum atomic E-state index is 11.2. The van der Waals surface area contributed by atoms with E-state index >= 15 is 0 Å². The maximum Gasteiger partial charge on any atom is 0.219 e. The highest BCUT2D eigenvalue weighted by Gasteiger charge is 1.98. The fourth-order valence-corrected chi connectivity index (χ4v) is 1.46. The summed E-state index contributed by atoms with van der Waals surface area (Å²) < 4.78 is 0. The Bertz CT molecular complexity index is 166. The SMILES string of the molecule is C=CCCCCCCCC(=O)NCCC. The summed E-state index contributed by atoms with van der Waals surface area (Å²) in [6.45, 7) is 6.58. The molecule has 0 radical (unpaired) electrons. The fourth-order valence-electron chi connectivity index (χ4n) is 1.46. The molecule has 0 spiro atoms. The van der Waals surface area contributed by atoms with Crippen LogP contribution in [-0.2, 0) is 4.79 Å². The molecule has 0 aromatic heterocycles. The third-order valence-electron chi connectivity index (χ3n) is 2.38. The van der Waals surface area contributed by atoms with E-state index in [4.69, 9.17) is 0 Å². The third kappa shape index (κ3) is 11.1. The van der Waals surface area contributed by atoms with Crippen LogP contribution in [-0.4, -0.2) is 12.5 Å². The first-order valence-corrected chi connectivity index (χ1v) is 6.18. The Morgan fingerprint density at radius 3 is 2.53 bits per heavy atom. The van der Waals surface area contributed by atoms with Crippen molar-refractivity contribution in [3.63, 3.8) is 0 Å². The second-order valence-electron chi connectivity index (χ2n) is 3.95. The lowest BCUT2D eigenvalue weighted by Crippen LogP contribution is -2.23. The second-order valence-corrected chi connectivity index (χ2v) is 3.95. The molecule has 0 saturated heterocycles. The van der Waals surface area contributed by atoms with Crippen LogP contribution in [0.25, 0.3) is 0 Å². The molecule has 0 aromatic rings. The summed E-state index contributed by atoms with van der Waals surface area (Å²) in [5.41, 5.74) is 0. The fraction of sp³-hybridized carbons (Fsp3) is 0.769. The molecule has 0 bridgehead atoms. The molecule has 0 saturated carbocycles. The number of nitrogens with one attached hydrogen (secondary N) is 1. The summed E-state index contributed by atoms with van der Waals surface area (Å²) in [5, 5.41) is 2.89. The maximum absolute atomic E-state index is 11.2. The number of hydrogen-bond donors (Lipinski definition) is 1. The molecular weight excluding hydrogens is 186 g/mol. The molecule has 0 atom stereocenters. The molecule has 1 N–H and O–H groups in total. The van der Waals surface area contributed by atoms with Gasteiger partial charge < -0.3 is 5.32 Å². The van der Waals surface area contributed by atoms with E-state index in [0.717, 1.165) is 25.8 Å². The highest BCUT2D eigenvalue weighted by molar-refractivity contribution is 5.75. The first-order valence-electron chi connectivity index (χ1n) is 6.18. The number of allylic oxidation sites excluding steroid dienone is 1. The monoisotopic (exact) mass is 211 g/mol. The minimum absolute atomic E-state index is 0.211. The lowest BCUT2D eigenvalue weighted by molar-refractivity contribution is -0.121. The molecular formula is C13H25NO.